The highest BCUT2D eigenvalue weighted by atomic mass is 32.2. The van der Waals surface area contributed by atoms with Crippen molar-refractivity contribution in [3.05, 3.63) is 72.0 Å². The average Bonchev–Trinajstić information content (AvgIpc) is 2.47. The third kappa shape index (κ3) is 2.67. The summed E-state index contributed by atoms with van der Waals surface area (Å²) in [7, 11) is -3.77. The number of rotatable bonds is 3. The third-order valence-corrected chi connectivity index (χ3v) is 4.99. The van der Waals surface area contributed by atoms with Gasteiger partial charge in [-0.2, -0.15) is 0 Å². The molecule has 0 fully saturated rings. The molecule has 112 valence electrons. The number of benzene rings is 3. The Morgan fingerprint density at radius 2 is 1.68 bits per heavy atom. The molecule has 0 saturated heterocycles. The van der Waals surface area contributed by atoms with Crippen LogP contribution in [0, 0.1) is 12.7 Å². The normalized spacial score (nSPS) is 11.5. The third-order valence-electron chi connectivity index (χ3n) is 3.46. The Morgan fingerprint density at radius 1 is 0.955 bits per heavy atom. The highest BCUT2D eigenvalue weighted by molar-refractivity contribution is 7.92. The molecule has 0 atom stereocenters. The molecular weight excluding hydrogens is 301 g/mol. The van der Waals surface area contributed by atoms with Crippen LogP contribution < -0.4 is 4.72 Å². The first-order valence-corrected chi connectivity index (χ1v) is 8.22. The molecule has 0 amide bonds. The minimum atomic E-state index is -3.77. The number of anilines is 1. The molecule has 0 aliphatic carbocycles. The quantitative estimate of drug-likeness (QED) is 0.791. The molecule has 3 aromatic rings. The zero-order chi connectivity index (χ0) is 15.7. The standard InChI is InChI=1S/C17H14FNO2S/c1-12-11-14(18)9-10-17(12)22(20,21)19-16-8-4-6-13-5-2-3-7-15(13)16/h2-11,19H,1H3. The van der Waals surface area contributed by atoms with E-state index in [0.717, 1.165) is 16.8 Å². The maximum atomic E-state index is 13.2. The van der Waals surface area contributed by atoms with E-state index in [1.165, 1.54) is 12.1 Å². The highest BCUT2D eigenvalue weighted by Gasteiger charge is 2.18. The van der Waals surface area contributed by atoms with Gasteiger partial charge in [0.15, 0.2) is 0 Å². The minimum absolute atomic E-state index is 0.0711. The van der Waals surface area contributed by atoms with Gasteiger partial charge in [-0.3, -0.25) is 4.72 Å². The fraction of sp³-hybridized carbons (Fsp3) is 0.0588. The summed E-state index contributed by atoms with van der Waals surface area (Å²) >= 11 is 0. The van der Waals surface area contributed by atoms with E-state index in [0.29, 0.717) is 11.3 Å². The van der Waals surface area contributed by atoms with E-state index in [4.69, 9.17) is 0 Å². The summed E-state index contributed by atoms with van der Waals surface area (Å²) < 4.78 is 40.8. The summed E-state index contributed by atoms with van der Waals surface area (Å²) in [5.74, 6) is -0.457. The summed E-state index contributed by atoms with van der Waals surface area (Å²) in [5, 5.41) is 1.76. The van der Waals surface area contributed by atoms with Crippen LogP contribution in [0.4, 0.5) is 10.1 Å². The SMILES string of the molecule is Cc1cc(F)ccc1S(=O)(=O)Nc1cccc2ccccc12. The topological polar surface area (TPSA) is 46.2 Å². The molecule has 1 N–H and O–H groups in total. The van der Waals surface area contributed by atoms with Gasteiger partial charge in [-0.15, -0.1) is 0 Å². The predicted molar refractivity (Wildman–Crippen MR) is 85.9 cm³/mol. The van der Waals surface area contributed by atoms with Gasteiger partial charge in [-0.1, -0.05) is 36.4 Å². The van der Waals surface area contributed by atoms with Crippen LogP contribution in [0.3, 0.4) is 0 Å². The molecule has 0 aromatic heterocycles. The zero-order valence-corrected chi connectivity index (χ0v) is 12.7. The Bertz CT molecular complexity index is 947. The van der Waals surface area contributed by atoms with E-state index in [1.54, 1.807) is 19.1 Å². The van der Waals surface area contributed by atoms with Crippen LogP contribution in [0.15, 0.2) is 65.6 Å². The largest absolute Gasteiger partial charge is 0.279 e. The number of aryl methyl sites for hydroxylation is 1. The van der Waals surface area contributed by atoms with Crippen molar-refractivity contribution in [1.82, 2.24) is 0 Å². The van der Waals surface area contributed by atoms with Gasteiger partial charge in [-0.25, -0.2) is 12.8 Å². The highest BCUT2D eigenvalue weighted by Crippen LogP contribution is 2.26. The molecule has 0 heterocycles. The fourth-order valence-corrected chi connectivity index (χ4v) is 3.74. The summed E-state index contributed by atoms with van der Waals surface area (Å²) in [4.78, 5) is 0.0711. The van der Waals surface area contributed by atoms with Crippen molar-refractivity contribution in [1.29, 1.82) is 0 Å². The molecule has 0 spiro atoms. The first kappa shape index (κ1) is 14.5. The second-order valence-corrected chi connectivity index (χ2v) is 6.69. The Morgan fingerprint density at radius 3 is 2.45 bits per heavy atom. The molecule has 0 radical (unpaired) electrons. The molecule has 0 aliphatic rings. The van der Waals surface area contributed by atoms with Crippen molar-refractivity contribution < 1.29 is 12.8 Å². The number of halogens is 1. The van der Waals surface area contributed by atoms with Crippen molar-refractivity contribution in [2.45, 2.75) is 11.8 Å². The summed E-state index contributed by atoms with van der Waals surface area (Å²) in [5.41, 5.74) is 0.870. The van der Waals surface area contributed by atoms with Crippen LogP contribution in [0.5, 0.6) is 0 Å². The Kier molecular flexibility index (Phi) is 3.58. The first-order valence-electron chi connectivity index (χ1n) is 6.74. The molecular formula is C17H14FNO2S. The Hall–Kier alpha value is -2.40. The monoisotopic (exact) mass is 315 g/mol. The van der Waals surface area contributed by atoms with Gasteiger partial charge in [0.2, 0.25) is 0 Å². The molecule has 3 nitrogen and oxygen atoms in total. The van der Waals surface area contributed by atoms with Crippen LogP contribution >= 0.6 is 0 Å². The zero-order valence-electron chi connectivity index (χ0n) is 11.9. The van der Waals surface area contributed by atoms with Gasteiger partial charge >= 0.3 is 0 Å². The lowest BCUT2D eigenvalue weighted by Crippen LogP contribution is -2.14. The lowest BCUT2D eigenvalue weighted by molar-refractivity contribution is 0.598. The second kappa shape index (κ2) is 5.42. The maximum Gasteiger partial charge on any atom is 0.262 e. The van der Waals surface area contributed by atoms with Crippen LogP contribution in [0.2, 0.25) is 0 Å². The number of nitrogens with one attached hydrogen (secondary N) is 1. The number of hydrogen-bond acceptors (Lipinski definition) is 2. The van der Waals surface area contributed by atoms with Crippen molar-refractivity contribution >= 4 is 26.5 Å². The molecule has 3 rings (SSSR count). The van der Waals surface area contributed by atoms with Crippen LogP contribution in [-0.2, 0) is 10.0 Å². The molecule has 0 unspecified atom stereocenters. The Labute approximate surface area is 128 Å². The van der Waals surface area contributed by atoms with E-state index < -0.39 is 15.8 Å². The van der Waals surface area contributed by atoms with Crippen LogP contribution in [0.1, 0.15) is 5.56 Å². The van der Waals surface area contributed by atoms with Gasteiger partial charge in [0.05, 0.1) is 10.6 Å². The van der Waals surface area contributed by atoms with Gasteiger partial charge in [0.25, 0.3) is 10.0 Å². The van der Waals surface area contributed by atoms with Crippen molar-refractivity contribution in [3.63, 3.8) is 0 Å². The van der Waals surface area contributed by atoms with Crippen LogP contribution in [-0.4, -0.2) is 8.42 Å². The lowest BCUT2D eigenvalue weighted by Gasteiger charge is -2.12. The van der Waals surface area contributed by atoms with Gasteiger partial charge < -0.3 is 0 Å². The van der Waals surface area contributed by atoms with Gasteiger partial charge in [0.1, 0.15) is 5.82 Å². The smallest absolute Gasteiger partial charge is 0.262 e. The molecule has 22 heavy (non-hydrogen) atoms. The van der Waals surface area contributed by atoms with E-state index in [1.807, 2.05) is 30.3 Å². The molecule has 3 aromatic carbocycles. The van der Waals surface area contributed by atoms with Crippen LogP contribution in [0.25, 0.3) is 10.8 Å². The molecule has 0 saturated carbocycles. The number of sulfonamides is 1. The molecule has 5 heteroatoms. The summed E-state index contributed by atoms with van der Waals surface area (Å²) in [6.07, 6.45) is 0. The van der Waals surface area contributed by atoms with Crippen molar-refractivity contribution in [3.8, 4) is 0 Å². The number of hydrogen-bond donors (Lipinski definition) is 1. The average molecular weight is 315 g/mol. The van der Waals surface area contributed by atoms with E-state index in [9.17, 15) is 12.8 Å². The summed E-state index contributed by atoms with van der Waals surface area (Å²) in [6.45, 7) is 1.57. The molecule has 0 aliphatic heterocycles. The van der Waals surface area contributed by atoms with Crippen molar-refractivity contribution in [2.24, 2.45) is 0 Å². The fourth-order valence-electron chi connectivity index (χ4n) is 2.43. The maximum absolute atomic E-state index is 13.2. The predicted octanol–water partition coefficient (Wildman–Crippen LogP) is 4.09. The Balaban J connectivity index is 2.07. The van der Waals surface area contributed by atoms with E-state index in [2.05, 4.69) is 4.72 Å². The first-order chi connectivity index (χ1) is 10.5. The summed E-state index contributed by atoms with van der Waals surface area (Å²) in [6, 6.07) is 16.5. The van der Waals surface area contributed by atoms with Crippen molar-refractivity contribution in [2.75, 3.05) is 4.72 Å². The van der Waals surface area contributed by atoms with E-state index in [-0.39, 0.29) is 4.90 Å². The van der Waals surface area contributed by atoms with E-state index >= 15 is 0 Å². The molecule has 0 bridgehead atoms. The lowest BCUT2D eigenvalue weighted by atomic mass is 10.1. The second-order valence-electron chi connectivity index (χ2n) is 5.04. The van der Waals surface area contributed by atoms with Gasteiger partial charge in [-0.05, 0) is 42.1 Å². The number of fused-ring (bicyclic) bond motifs is 1. The van der Waals surface area contributed by atoms with Gasteiger partial charge in [0, 0.05) is 5.39 Å². The minimum Gasteiger partial charge on any atom is -0.279 e.